The Hall–Kier alpha value is -2.24. The number of hydrogen-bond donors (Lipinski definition) is 2. The van der Waals surface area contributed by atoms with Crippen molar-refractivity contribution in [1.82, 2.24) is 4.90 Å². The van der Waals surface area contributed by atoms with Gasteiger partial charge < -0.3 is 10.8 Å². The summed E-state index contributed by atoms with van der Waals surface area (Å²) in [7, 11) is 0. The number of rotatable bonds is 4. The second-order valence-corrected chi connectivity index (χ2v) is 5.95. The van der Waals surface area contributed by atoms with Gasteiger partial charge in [-0.15, -0.1) is 0 Å². The van der Waals surface area contributed by atoms with Crippen LogP contribution in [0.25, 0.3) is 0 Å². The summed E-state index contributed by atoms with van der Waals surface area (Å²) >= 11 is 0. The first-order chi connectivity index (χ1) is 11.0. The largest absolute Gasteiger partial charge is 0.392 e. The molecule has 0 radical (unpaired) electrons. The van der Waals surface area contributed by atoms with E-state index >= 15 is 0 Å². The number of β-amino-alcohol motifs (C(OH)–C–C–N with tert-alkyl or cyclic N) is 1. The van der Waals surface area contributed by atoms with Crippen LogP contribution in [-0.4, -0.2) is 28.6 Å². The standard InChI is InChI=1S/C18H19FN2O2/c19-15-6-2-4-13(8-15)17-9-16(22)11-21(17)10-12-3-1-5-14(7-12)18(20)23/h1-8,16-17,22H,9-11H2,(H2,20,23)/t16-,17+/m1/s1. The highest BCUT2D eigenvalue weighted by molar-refractivity contribution is 5.92. The Morgan fingerprint density at radius 2 is 2.04 bits per heavy atom. The van der Waals surface area contributed by atoms with Gasteiger partial charge in [0.25, 0.3) is 0 Å². The number of benzene rings is 2. The predicted octanol–water partition coefficient (Wildman–Crippen LogP) is 2.23. The van der Waals surface area contributed by atoms with Crippen molar-refractivity contribution in [3.8, 4) is 0 Å². The molecule has 2 aromatic carbocycles. The van der Waals surface area contributed by atoms with Gasteiger partial charge in [0, 0.05) is 24.7 Å². The average Bonchev–Trinajstić information content (AvgIpc) is 2.88. The molecule has 0 bridgehead atoms. The Labute approximate surface area is 134 Å². The lowest BCUT2D eigenvalue weighted by Gasteiger charge is -2.24. The van der Waals surface area contributed by atoms with Crippen LogP contribution in [0.2, 0.25) is 0 Å². The number of halogens is 1. The maximum absolute atomic E-state index is 13.5. The first kappa shape index (κ1) is 15.6. The fraction of sp³-hybridized carbons (Fsp3) is 0.278. The fourth-order valence-corrected chi connectivity index (χ4v) is 3.17. The van der Waals surface area contributed by atoms with Crippen LogP contribution in [-0.2, 0) is 6.54 Å². The molecule has 3 N–H and O–H groups in total. The third kappa shape index (κ3) is 3.57. The number of hydrogen-bond acceptors (Lipinski definition) is 3. The van der Waals surface area contributed by atoms with Crippen molar-refractivity contribution in [2.24, 2.45) is 5.73 Å². The number of primary amides is 1. The Bertz CT molecular complexity index is 720. The maximum Gasteiger partial charge on any atom is 0.248 e. The van der Waals surface area contributed by atoms with Gasteiger partial charge in [-0.3, -0.25) is 9.69 Å². The highest BCUT2D eigenvalue weighted by Gasteiger charge is 2.32. The van der Waals surface area contributed by atoms with Crippen LogP contribution < -0.4 is 5.73 Å². The number of nitrogens with zero attached hydrogens (tertiary/aromatic N) is 1. The van der Waals surface area contributed by atoms with Crippen molar-refractivity contribution in [1.29, 1.82) is 0 Å². The SMILES string of the molecule is NC(=O)c1cccc(CN2C[C@H](O)C[C@H]2c2cccc(F)c2)c1. The molecule has 0 aromatic heterocycles. The normalized spacial score (nSPS) is 21.5. The molecule has 0 unspecified atom stereocenters. The first-order valence-electron chi connectivity index (χ1n) is 7.59. The van der Waals surface area contributed by atoms with E-state index in [-0.39, 0.29) is 11.9 Å². The molecular weight excluding hydrogens is 295 g/mol. The highest BCUT2D eigenvalue weighted by Crippen LogP contribution is 2.33. The number of aliphatic hydroxyl groups excluding tert-OH is 1. The first-order valence-corrected chi connectivity index (χ1v) is 7.59. The van der Waals surface area contributed by atoms with E-state index in [1.807, 2.05) is 12.1 Å². The summed E-state index contributed by atoms with van der Waals surface area (Å²) in [6.45, 7) is 1.08. The molecule has 23 heavy (non-hydrogen) atoms. The molecule has 1 amide bonds. The number of aliphatic hydroxyl groups is 1. The van der Waals surface area contributed by atoms with E-state index in [9.17, 15) is 14.3 Å². The van der Waals surface area contributed by atoms with Crippen LogP contribution in [0.3, 0.4) is 0 Å². The zero-order valence-electron chi connectivity index (χ0n) is 12.7. The molecule has 0 saturated carbocycles. The Kier molecular flexibility index (Phi) is 4.41. The molecule has 1 aliphatic heterocycles. The number of likely N-dealkylation sites (tertiary alicyclic amines) is 1. The molecule has 1 fully saturated rings. The Balaban J connectivity index is 1.83. The van der Waals surface area contributed by atoms with Crippen molar-refractivity contribution in [2.75, 3.05) is 6.54 Å². The average molecular weight is 314 g/mol. The molecule has 1 aliphatic rings. The van der Waals surface area contributed by atoms with Crippen LogP contribution in [0.5, 0.6) is 0 Å². The number of carbonyl (C=O) groups is 1. The third-order valence-electron chi connectivity index (χ3n) is 4.21. The lowest BCUT2D eigenvalue weighted by atomic mass is 10.0. The second kappa shape index (κ2) is 6.48. The summed E-state index contributed by atoms with van der Waals surface area (Å²) in [6.07, 6.45) is 0.126. The molecule has 2 aromatic rings. The number of nitrogens with two attached hydrogens (primary N) is 1. The van der Waals surface area contributed by atoms with Crippen molar-refractivity contribution < 1.29 is 14.3 Å². The summed E-state index contributed by atoms with van der Waals surface area (Å²) in [6, 6.07) is 13.6. The Morgan fingerprint density at radius 1 is 1.26 bits per heavy atom. The van der Waals surface area contributed by atoms with E-state index in [1.54, 1.807) is 24.3 Å². The molecule has 5 heteroatoms. The molecule has 120 valence electrons. The molecule has 1 heterocycles. The van der Waals surface area contributed by atoms with Gasteiger partial charge in [0.1, 0.15) is 5.82 Å². The van der Waals surface area contributed by atoms with Gasteiger partial charge in [0.05, 0.1) is 6.10 Å². The van der Waals surface area contributed by atoms with Gasteiger partial charge in [-0.2, -0.15) is 0 Å². The molecule has 4 nitrogen and oxygen atoms in total. The van der Waals surface area contributed by atoms with Crippen LogP contribution in [0.4, 0.5) is 4.39 Å². The topological polar surface area (TPSA) is 66.6 Å². The van der Waals surface area contributed by atoms with E-state index < -0.39 is 12.0 Å². The minimum Gasteiger partial charge on any atom is -0.392 e. The van der Waals surface area contributed by atoms with Crippen LogP contribution in [0.15, 0.2) is 48.5 Å². The third-order valence-corrected chi connectivity index (χ3v) is 4.21. The lowest BCUT2D eigenvalue weighted by molar-refractivity contribution is 0.1000. The molecule has 0 spiro atoms. The molecule has 2 atom stereocenters. The minimum atomic E-state index is -0.463. The predicted molar refractivity (Wildman–Crippen MR) is 85.1 cm³/mol. The summed E-state index contributed by atoms with van der Waals surface area (Å²) < 4.78 is 13.5. The summed E-state index contributed by atoms with van der Waals surface area (Å²) in [5, 5.41) is 10.0. The lowest BCUT2D eigenvalue weighted by Crippen LogP contribution is -2.24. The smallest absolute Gasteiger partial charge is 0.248 e. The quantitative estimate of drug-likeness (QED) is 0.909. The number of carbonyl (C=O) groups excluding carboxylic acids is 1. The monoisotopic (exact) mass is 314 g/mol. The molecule has 3 rings (SSSR count). The van der Waals surface area contributed by atoms with Gasteiger partial charge >= 0.3 is 0 Å². The summed E-state index contributed by atoms with van der Waals surface area (Å²) in [5.74, 6) is -0.741. The van der Waals surface area contributed by atoms with Gasteiger partial charge in [-0.1, -0.05) is 24.3 Å². The van der Waals surface area contributed by atoms with Crippen molar-refractivity contribution >= 4 is 5.91 Å². The van der Waals surface area contributed by atoms with Crippen LogP contribution in [0.1, 0.15) is 33.9 Å². The van der Waals surface area contributed by atoms with Gasteiger partial charge in [-0.25, -0.2) is 4.39 Å². The minimum absolute atomic E-state index is 0.0436. The van der Waals surface area contributed by atoms with E-state index in [2.05, 4.69) is 4.90 Å². The highest BCUT2D eigenvalue weighted by atomic mass is 19.1. The van der Waals surface area contributed by atoms with Gasteiger partial charge in [0.15, 0.2) is 0 Å². The maximum atomic E-state index is 13.5. The van der Waals surface area contributed by atoms with Gasteiger partial charge in [0.2, 0.25) is 5.91 Å². The molecule has 1 saturated heterocycles. The zero-order valence-corrected chi connectivity index (χ0v) is 12.7. The number of amides is 1. The van der Waals surface area contributed by atoms with Crippen molar-refractivity contribution in [2.45, 2.75) is 25.1 Å². The molecule has 0 aliphatic carbocycles. The van der Waals surface area contributed by atoms with Crippen molar-refractivity contribution in [3.63, 3.8) is 0 Å². The van der Waals surface area contributed by atoms with E-state index in [1.165, 1.54) is 12.1 Å². The van der Waals surface area contributed by atoms with Crippen LogP contribution in [0, 0.1) is 5.82 Å². The Morgan fingerprint density at radius 3 is 2.78 bits per heavy atom. The summed E-state index contributed by atoms with van der Waals surface area (Å²) in [5.41, 5.74) is 7.57. The zero-order chi connectivity index (χ0) is 16.4. The van der Waals surface area contributed by atoms with E-state index in [0.29, 0.717) is 25.1 Å². The van der Waals surface area contributed by atoms with E-state index in [4.69, 9.17) is 5.73 Å². The van der Waals surface area contributed by atoms with Gasteiger partial charge in [-0.05, 0) is 41.8 Å². The van der Waals surface area contributed by atoms with E-state index in [0.717, 1.165) is 11.1 Å². The van der Waals surface area contributed by atoms with Crippen LogP contribution >= 0.6 is 0 Å². The second-order valence-electron chi connectivity index (χ2n) is 5.95. The summed E-state index contributed by atoms with van der Waals surface area (Å²) in [4.78, 5) is 13.4. The molecular formula is C18H19FN2O2. The van der Waals surface area contributed by atoms with Crippen molar-refractivity contribution in [3.05, 3.63) is 71.0 Å². The fourth-order valence-electron chi connectivity index (χ4n) is 3.17.